The van der Waals surface area contributed by atoms with Crippen LogP contribution in [0.1, 0.15) is 37.3 Å². The fraction of sp³-hybridized carbons (Fsp3) is 0.533. The molecule has 2 rings (SSSR count). The molecule has 104 valence electrons. The predicted molar refractivity (Wildman–Crippen MR) is 71.1 cm³/mol. The van der Waals surface area contributed by atoms with Crippen LogP contribution >= 0.6 is 0 Å². The molecule has 0 unspecified atom stereocenters. The van der Waals surface area contributed by atoms with Crippen molar-refractivity contribution in [2.24, 2.45) is 5.92 Å². The van der Waals surface area contributed by atoms with Gasteiger partial charge in [0.15, 0.2) is 0 Å². The van der Waals surface area contributed by atoms with Crippen LogP contribution in [0, 0.1) is 11.7 Å². The molecular formula is C15H20FNO2. The normalized spacial score (nSPS) is 17.4. The topological polar surface area (TPSA) is 38.3 Å². The Morgan fingerprint density at radius 1 is 1.42 bits per heavy atom. The average molecular weight is 265 g/mol. The molecule has 0 heterocycles. The van der Waals surface area contributed by atoms with Crippen molar-refractivity contribution in [1.82, 2.24) is 5.32 Å². The molecule has 0 saturated heterocycles. The third-order valence-electron chi connectivity index (χ3n) is 3.70. The van der Waals surface area contributed by atoms with Crippen LogP contribution in [0.2, 0.25) is 0 Å². The first kappa shape index (κ1) is 14.0. The van der Waals surface area contributed by atoms with Gasteiger partial charge in [0.1, 0.15) is 12.4 Å². The molecule has 1 amide bonds. The van der Waals surface area contributed by atoms with Gasteiger partial charge < -0.3 is 10.1 Å². The Balaban J connectivity index is 2.18. The van der Waals surface area contributed by atoms with Crippen molar-refractivity contribution in [3.05, 3.63) is 35.6 Å². The summed E-state index contributed by atoms with van der Waals surface area (Å²) in [5.41, 5.74) is 0.582. The van der Waals surface area contributed by atoms with Crippen LogP contribution in [-0.4, -0.2) is 19.6 Å². The Morgan fingerprint density at radius 3 is 2.74 bits per heavy atom. The summed E-state index contributed by atoms with van der Waals surface area (Å²) < 4.78 is 18.8. The number of carbonyl (C=O) groups is 1. The maximum Gasteiger partial charge on any atom is 0.246 e. The van der Waals surface area contributed by atoms with Crippen LogP contribution in [0.4, 0.5) is 4.39 Å². The Morgan fingerprint density at radius 2 is 2.11 bits per heavy atom. The average Bonchev–Trinajstić information content (AvgIpc) is 2.91. The molecule has 0 aliphatic heterocycles. The van der Waals surface area contributed by atoms with Gasteiger partial charge in [-0.3, -0.25) is 4.79 Å². The fourth-order valence-electron chi connectivity index (χ4n) is 2.81. The van der Waals surface area contributed by atoms with Crippen LogP contribution in [0.25, 0.3) is 0 Å². The minimum absolute atomic E-state index is 0.0116. The van der Waals surface area contributed by atoms with E-state index in [2.05, 4.69) is 5.32 Å². The van der Waals surface area contributed by atoms with E-state index in [4.69, 9.17) is 4.74 Å². The van der Waals surface area contributed by atoms with Gasteiger partial charge in [-0.1, -0.05) is 31.0 Å². The molecule has 1 aliphatic carbocycles. The summed E-state index contributed by atoms with van der Waals surface area (Å²) >= 11 is 0. The molecule has 1 saturated carbocycles. The lowest BCUT2D eigenvalue weighted by Crippen LogP contribution is -2.35. The highest BCUT2D eigenvalue weighted by molar-refractivity contribution is 5.77. The summed E-state index contributed by atoms with van der Waals surface area (Å²) in [5.74, 6) is -0.127. The van der Waals surface area contributed by atoms with Gasteiger partial charge in [0.2, 0.25) is 5.91 Å². The number of hydrogen-bond acceptors (Lipinski definition) is 2. The van der Waals surface area contributed by atoms with Crippen molar-refractivity contribution in [2.75, 3.05) is 13.7 Å². The van der Waals surface area contributed by atoms with Gasteiger partial charge in [-0.15, -0.1) is 0 Å². The SMILES string of the molecule is COCC(=O)N[C@H](c1ccccc1F)C1CCCC1. The predicted octanol–water partition coefficient (Wildman–Crippen LogP) is 2.82. The summed E-state index contributed by atoms with van der Waals surface area (Å²) in [4.78, 5) is 11.7. The monoisotopic (exact) mass is 265 g/mol. The molecule has 19 heavy (non-hydrogen) atoms. The first-order valence-electron chi connectivity index (χ1n) is 6.75. The largest absolute Gasteiger partial charge is 0.375 e. The Labute approximate surface area is 113 Å². The molecule has 1 aromatic carbocycles. The lowest BCUT2D eigenvalue weighted by Gasteiger charge is -2.25. The van der Waals surface area contributed by atoms with Crippen molar-refractivity contribution < 1.29 is 13.9 Å². The molecule has 4 heteroatoms. The minimum atomic E-state index is -0.253. The summed E-state index contributed by atoms with van der Waals surface area (Å²) in [7, 11) is 1.48. The molecular weight excluding hydrogens is 245 g/mol. The van der Waals surface area contributed by atoms with Crippen molar-refractivity contribution in [3.63, 3.8) is 0 Å². The zero-order valence-corrected chi connectivity index (χ0v) is 11.2. The van der Waals surface area contributed by atoms with Crippen molar-refractivity contribution in [2.45, 2.75) is 31.7 Å². The number of methoxy groups -OCH3 is 1. The summed E-state index contributed by atoms with van der Waals surface area (Å²) in [6, 6.07) is 6.43. The highest BCUT2D eigenvalue weighted by Gasteiger charge is 2.29. The number of amides is 1. The summed E-state index contributed by atoms with van der Waals surface area (Å²) in [5, 5.41) is 2.91. The molecule has 0 aromatic heterocycles. The van der Waals surface area contributed by atoms with E-state index in [1.54, 1.807) is 12.1 Å². The van der Waals surface area contributed by atoms with Crippen LogP contribution in [-0.2, 0) is 9.53 Å². The first-order chi connectivity index (χ1) is 9.22. The van der Waals surface area contributed by atoms with Crippen LogP contribution < -0.4 is 5.32 Å². The lowest BCUT2D eigenvalue weighted by atomic mass is 9.91. The van der Waals surface area contributed by atoms with Gasteiger partial charge in [-0.25, -0.2) is 4.39 Å². The van der Waals surface area contributed by atoms with Crippen LogP contribution in [0.3, 0.4) is 0 Å². The lowest BCUT2D eigenvalue weighted by molar-refractivity contribution is -0.125. The third kappa shape index (κ3) is 3.53. The quantitative estimate of drug-likeness (QED) is 0.889. The van der Waals surface area contributed by atoms with E-state index in [9.17, 15) is 9.18 Å². The number of ether oxygens (including phenoxy) is 1. The van der Waals surface area contributed by atoms with Crippen molar-refractivity contribution in [1.29, 1.82) is 0 Å². The zero-order valence-electron chi connectivity index (χ0n) is 11.2. The molecule has 1 aromatic rings. The maximum absolute atomic E-state index is 13.9. The fourth-order valence-corrected chi connectivity index (χ4v) is 2.81. The second-order valence-corrected chi connectivity index (χ2v) is 5.04. The van der Waals surface area contributed by atoms with Crippen molar-refractivity contribution >= 4 is 5.91 Å². The zero-order chi connectivity index (χ0) is 13.7. The summed E-state index contributed by atoms with van der Waals surface area (Å²) in [6.07, 6.45) is 4.37. The Kier molecular flexibility index (Phi) is 4.91. The molecule has 0 bridgehead atoms. The van der Waals surface area contributed by atoms with E-state index in [0.29, 0.717) is 11.5 Å². The summed E-state index contributed by atoms with van der Waals surface area (Å²) in [6.45, 7) is 0.0116. The molecule has 1 fully saturated rings. The number of benzene rings is 1. The molecule has 0 radical (unpaired) electrons. The molecule has 1 atom stereocenters. The minimum Gasteiger partial charge on any atom is -0.375 e. The van der Waals surface area contributed by atoms with Gasteiger partial charge in [-0.2, -0.15) is 0 Å². The van der Waals surface area contributed by atoms with Gasteiger partial charge in [0, 0.05) is 12.7 Å². The number of hydrogen-bond donors (Lipinski definition) is 1. The van der Waals surface area contributed by atoms with E-state index >= 15 is 0 Å². The second kappa shape index (κ2) is 6.66. The molecule has 0 spiro atoms. The standard InChI is InChI=1S/C15H20FNO2/c1-19-10-14(18)17-15(11-6-2-3-7-11)12-8-4-5-9-13(12)16/h4-5,8-9,11,15H,2-3,6-7,10H2,1H3,(H,17,18)/t15-/m0/s1. The van der Waals surface area contributed by atoms with Gasteiger partial charge in [-0.05, 0) is 24.8 Å². The van der Waals surface area contributed by atoms with Crippen molar-refractivity contribution in [3.8, 4) is 0 Å². The maximum atomic E-state index is 13.9. The highest BCUT2D eigenvalue weighted by Crippen LogP contribution is 2.36. The molecule has 1 aliphatic rings. The van der Waals surface area contributed by atoms with Gasteiger partial charge in [0.05, 0.1) is 6.04 Å². The number of carbonyl (C=O) groups excluding carboxylic acids is 1. The Bertz CT molecular complexity index is 430. The second-order valence-electron chi connectivity index (χ2n) is 5.04. The van der Waals surface area contributed by atoms with E-state index in [1.165, 1.54) is 13.2 Å². The van der Waals surface area contributed by atoms with Crippen LogP contribution in [0.15, 0.2) is 24.3 Å². The third-order valence-corrected chi connectivity index (χ3v) is 3.70. The number of rotatable bonds is 5. The number of halogens is 1. The first-order valence-corrected chi connectivity index (χ1v) is 6.75. The van der Waals surface area contributed by atoms with E-state index in [1.807, 2.05) is 6.07 Å². The molecule has 1 N–H and O–H groups in total. The van der Waals surface area contributed by atoms with E-state index in [0.717, 1.165) is 25.7 Å². The smallest absolute Gasteiger partial charge is 0.246 e. The van der Waals surface area contributed by atoms with E-state index in [-0.39, 0.29) is 24.4 Å². The Hall–Kier alpha value is -1.42. The van der Waals surface area contributed by atoms with Gasteiger partial charge in [0.25, 0.3) is 0 Å². The van der Waals surface area contributed by atoms with Gasteiger partial charge >= 0.3 is 0 Å². The highest BCUT2D eigenvalue weighted by atomic mass is 19.1. The van der Waals surface area contributed by atoms with Crippen LogP contribution in [0.5, 0.6) is 0 Å². The number of nitrogens with one attached hydrogen (secondary N) is 1. The van der Waals surface area contributed by atoms with E-state index < -0.39 is 0 Å². The molecule has 3 nitrogen and oxygen atoms in total.